The van der Waals surface area contributed by atoms with Crippen molar-refractivity contribution in [2.75, 3.05) is 37.6 Å². The molecule has 174 valence electrons. The fourth-order valence-corrected chi connectivity index (χ4v) is 5.28. The Kier molecular flexibility index (Phi) is 5.90. The van der Waals surface area contributed by atoms with Gasteiger partial charge in [-0.25, -0.2) is 9.18 Å². The molecule has 4 rings (SSSR count). The topological polar surface area (TPSA) is 73.0 Å². The summed E-state index contributed by atoms with van der Waals surface area (Å²) in [5.74, 6) is -0.285. The highest BCUT2D eigenvalue weighted by Gasteiger charge is 2.53. The van der Waals surface area contributed by atoms with Crippen LogP contribution in [0.4, 0.5) is 14.9 Å². The number of hydrogen-bond donors (Lipinski definition) is 1. The number of amides is 4. The summed E-state index contributed by atoms with van der Waals surface area (Å²) in [7, 11) is 0. The van der Waals surface area contributed by atoms with Crippen LogP contribution in [0.1, 0.15) is 46.5 Å². The zero-order valence-corrected chi connectivity index (χ0v) is 19.2. The summed E-state index contributed by atoms with van der Waals surface area (Å²) in [5.41, 5.74) is -0.155. The van der Waals surface area contributed by atoms with Crippen LogP contribution in [-0.2, 0) is 9.59 Å². The third kappa shape index (κ3) is 4.19. The molecule has 1 N–H and O–H groups in total. The predicted octanol–water partition coefficient (Wildman–Crippen LogP) is 3.00. The van der Waals surface area contributed by atoms with E-state index in [1.807, 2.05) is 4.90 Å². The molecule has 1 aromatic carbocycles. The minimum atomic E-state index is -0.858. The van der Waals surface area contributed by atoms with Gasteiger partial charge in [0, 0.05) is 26.2 Å². The number of nitrogens with zero attached hydrogens (tertiary/aromatic N) is 3. The van der Waals surface area contributed by atoms with Crippen molar-refractivity contribution >= 4 is 23.5 Å². The van der Waals surface area contributed by atoms with E-state index in [0.29, 0.717) is 50.6 Å². The second kappa shape index (κ2) is 8.37. The van der Waals surface area contributed by atoms with Crippen LogP contribution >= 0.6 is 0 Å². The quantitative estimate of drug-likeness (QED) is 0.728. The second-order valence-corrected chi connectivity index (χ2v) is 10.4. The third-order valence-electron chi connectivity index (χ3n) is 7.43. The zero-order chi connectivity index (χ0) is 23.1. The average molecular weight is 445 g/mol. The van der Waals surface area contributed by atoms with Crippen LogP contribution in [-0.4, -0.2) is 65.9 Å². The van der Waals surface area contributed by atoms with Gasteiger partial charge in [0.15, 0.2) is 0 Å². The highest BCUT2D eigenvalue weighted by atomic mass is 19.1. The van der Waals surface area contributed by atoms with E-state index in [-0.39, 0.29) is 29.6 Å². The molecule has 1 aromatic rings. The maximum absolute atomic E-state index is 14.0. The number of para-hydroxylation sites is 1. The third-order valence-corrected chi connectivity index (χ3v) is 7.43. The maximum atomic E-state index is 14.0. The van der Waals surface area contributed by atoms with Crippen LogP contribution < -0.4 is 10.2 Å². The van der Waals surface area contributed by atoms with Gasteiger partial charge in [-0.3, -0.25) is 14.5 Å². The minimum absolute atomic E-state index is 0.174. The van der Waals surface area contributed by atoms with Crippen molar-refractivity contribution in [1.82, 2.24) is 15.1 Å². The molecule has 7 nitrogen and oxygen atoms in total. The van der Waals surface area contributed by atoms with Gasteiger partial charge in [-0.2, -0.15) is 0 Å². The van der Waals surface area contributed by atoms with Crippen LogP contribution in [0.5, 0.6) is 0 Å². The fourth-order valence-electron chi connectivity index (χ4n) is 5.28. The van der Waals surface area contributed by atoms with Crippen LogP contribution in [0.2, 0.25) is 0 Å². The molecule has 0 radical (unpaired) electrons. The molecular weight excluding hydrogens is 411 g/mol. The van der Waals surface area contributed by atoms with Crippen molar-refractivity contribution in [1.29, 1.82) is 0 Å². The number of urea groups is 1. The molecule has 4 amide bonds. The molecule has 0 bridgehead atoms. The molecule has 32 heavy (non-hydrogen) atoms. The highest BCUT2D eigenvalue weighted by molar-refractivity contribution is 6.09. The van der Waals surface area contributed by atoms with E-state index in [4.69, 9.17) is 0 Å². The Morgan fingerprint density at radius 1 is 1.09 bits per heavy atom. The van der Waals surface area contributed by atoms with Crippen molar-refractivity contribution in [3.63, 3.8) is 0 Å². The van der Waals surface area contributed by atoms with Gasteiger partial charge in [0.2, 0.25) is 5.91 Å². The second-order valence-electron chi connectivity index (χ2n) is 10.4. The molecular formula is C24H33FN4O3. The number of hydrogen-bond acceptors (Lipinski definition) is 4. The number of carbonyl (C=O) groups excluding carboxylic acids is 3. The molecule has 2 aliphatic heterocycles. The molecule has 1 aliphatic carbocycles. The van der Waals surface area contributed by atoms with Gasteiger partial charge < -0.3 is 15.1 Å². The Morgan fingerprint density at radius 2 is 1.72 bits per heavy atom. The van der Waals surface area contributed by atoms with Gasteiger partial charge in [-0.1, -0.05) is 32.9 Å². The minimum Gasteiger partial charge on any atom is -0.366 e. The maximum Gasteiger partial charge on any atom is 0.325 e. The Labute approximate surface area is 188 Å². The molecule has 3 aliphatic rings. The van der Waals surface area contributed by atoms with E-state index in [1.165, 1.54) is 6.07 Å². The van der Waals surface area contributed by atoms with Crippen molar-refractivity contribution < 1.29 is 18.8 Å². The monoisotopic (exact) mass is 444 g/mol. The van der Waals surface area contributed by atoms with Crippen LogP contribution in [0.3, 0.4) is 0 Å². The lowest BCUT2D eigenvalue weighted by atomic mass is 9.67. The first-order valence-corrected chi connectivity index (χ1v) is 11.5. The first kappa shape index (κ1) is 22.6. The van der Waals surface area contributed by atoms with Gasteiger partial charge in [0.1, 0.15) is 17.9 Å². The molecule has 1 spiro atoms. The van der Waals surface area contributed by atoms with Gasteiger partial charge >= 0.3 is 6.03 Å². The largest absolute Gasteiger partial charge is 0.366 e. The van der Waals surface area contributed by atoms with Gasteiger partial charge in [0.25, 0.3) is 5.91 Å². The number of imide groups is 1. The molecule has 3 fully saturated rings. The summed E-state index contributed by atoms with van der Waals surface area (Å²) in [5, 5.41) is 2.90. The number of nitrogens with one attached hydrogen (secondary N) is 1. The lowest BCUT2D eigenvalue weighted by molar-refractivity contribution is -0.140. The van der Waals surface area contributed by atoms with Crippen molar-refractivity contribution in [3.05, 3.63) is 30.1 Å². The molecule has 2 saturated heterocycles. The number of benzene rings is 1. The van der Waals surface area contributed by atoms with E-state index in [2.05, 4.69) is 26.1 Å². The van der Waals surface area contributed by atoms with E-state index in [0.717, 1.165) is 17.7 Å². The molecule has 0 unspecified atom stereocenters. The van der Waals surface area contributed by atoms with E-state index in [1.54, 1.807) is 23.1 Å². The highest BCUT2D eigenvalue weighted by Crippen LogP contribution is 2.43. The van der Waals surface area contributed by atoms with Crippen molar-refractivity contribution in [2.45, 2.75) is 52.0 Å². The number of anilines is 1. The standard InChI is InChI=1S/C24H33FN4O3/c1-23(2,3)17-8-10-24(11-9-17)21(31)29(22(32)26-24)16-20(30)28-14-12-27(13-15-28)19-7-5-4-6-18(19)25/h4-7,17H,8-16H2,1-3H3,(H,26,32). The first-order chi connectivity index (χ1) is 15.1. The number of piperazine rings is 1. The zero-order valence-electron chi connectivity index (χ0n) is 19.2. The molecule has 1 saturated carbocycles. The van der Waals surface area contributed by atoms with Crippen molar-refractivity contribution in [2.24, 2.45) is 11.3 Å². The summed E-state index contributed by atoms with van der Waals surface area (Å²) in [4.78, 5) is 43.3. The summed E-state index contributed by atoms with van der Waals surface area (Å²) in [6, 6.07) is 6.13. The summed E-state index contributed by atoms with van der Waals surface area (Å²) < 4.78 is 14.0. The summed E-state index contributed by atoms with van der Waals surface area (Å²) in [6.07, 6.45) is 3.00. The number of carbonyl (C=O) groups is 3. The lowest BCUT2D eigenvalue weighted by Gasteiger charge is -2.40. The van der Waals surface area contributed by atoms with Crippen LogP contribution in [0.25, 0.3) is 0 Å². The van der Waals surface area contributed by atoms with E-state index in [9.17, 15) is 18.8 Å². The van der Waals surface area contributed by atoms with Gasteiger partial charge in [0.05, 0.1) is 5.69 Å². The van der Waals surface area contributed by atoms with Crippen LogP contribution in [0.15, 0.2) is 24.3 Å². The predicted molar refractivity (Wildman–Crippen MR) is 120 cm³/mol. The number of halogens is 1. The molecule has 8 heteroatoms. The SMILES string of the molecule is CC(C)(C)C1CCC2(CC1)NC(=O)N(CC(=O)N1CCN(c3ccccc3F)CC1)C2=O. The summed E-state index contributed by atoms with van der Waals surface area (Å²) in [6.45, 7) is 8.25. The molecule has 0 atom stereocenters. The summed E-state index contributed by atoms with van der Waals surface area (Å²) >= 11 is 0. The Bertz CT molecular complexity index is 897. The lowest BCUT2D eigenvalue weighted by Crippen LogP contribution is -2.53. The molecule has 2 heterocycles. The Balaban J connectivity index is 1.34. The van der Waals surface area contributed by atoms with E-state index < -0.39 is 11.6 Å². The Morgan fingerprint density at radius 3 is 2.31 bits per heavy atom. The van der Waals surface area contributed by atoms with Gasteiger partial charge in [-0.05, 0) is 49.1 Å². The first-order valence-electron chi connectivity index (χ1n) is 11.5. The van der Waals surface area contributed by atoms with Gasteiger partial charge in [-0.15, -0.1) is 0 Å². The van der Waals surface area contributed by atoms with E-state index >= 15 is 0 Å². The average Bonchev–Trinajstić information content (AvgIpc) is 2.98. The number of rotatable bonds is 3. The Hall–Kier alpha value is -2.64. The molecule has 0 aromatic heterocycles. The van der Waals surface area contributed by atoms with Crippen LogP contribution in [0, 0.1) is 17.2 Å². The fraction of sp³-hybridized carbons (Fsp3) is 0.625. The van der Waals surface area contributed by atoms with Crippen molar-refractivity contribution in [3.8, 4) is 0 Å². The normalized spacial score (nSPS) is 26.6. The smallest absolute Gasteiger partial charge is 0.325 e.